The zero-order valence-electron chi connectivity index (χ0n) is 15.4. The normalized spacial score (nSPS) is 12.3. The summed E-state index contributed by atoms with van der Waals surface area (Å²) in [6.45, 7) is -1.01. The summed E-state index contributed by atoms with van der Waals surface area (Å²) >= 11 is 0. The first-order valence-corrected chi connectivity index (χ1v) is 8.51. The zero-order chi connectivity index (χ0) is 20.4. The Morgan fingerprint density at radius 2 is 2.10 bits per heavy atom. The lowest BCUT2D eigenvalue weighted by Gasteiger charge is -2.15. The van der Waals surface area contributed by atoms with Crippen molar-refractivity contribution in [3.63, 3.8) is 0 Å². The van der Waals surface area contributed by atoms with Gasteiger partial charge < -0.3 is 14.8 Å². The number of fused-ring (bicyclic) bond motifs is 1. The Labute approximate surface area is 162 Å². The van der Waals surface area contributed by atoms with Crippen LogP contribution in [0.2, 0.25) is 0 Å². The highest BCUT2D eigenvalue weighted by Crippen LogP contribution is 2.27. The van der Waals surface area contributed by atoms with E-state index in [9.17, 15) is 8.78 Å². The van der Waals surface area contributed by atoms with Gasteiger partial charge in [0.1, 0.15) is 11.3 Å². The number of hydrogen-bond acceptors (Lipinski definition) is 8. The van der Waals surface area contributed by atoms with E-state index in [1.807, 2.05) is 19.1 Å². The molecule has 0 aliphatic heterocycles. The number of aromatic nitrogens is 7. The number of rotatable bonds is 7. The number of aromatic amines is 1. The Bertz CT molecular complexity index is 1130. The number of alkyl halides is 2. The maximum absolute atomic E-state index is 12.3. The molecular weight excluding hydrogens is 386 g/mol. The van der Waals surface area contributed by atoms with E-state index in [0.29, 0.717) is 28.7 Å². The minimum atomic E-state index is -2.96. The maximum atomic E-state index is 12.3. The van der Waals surface area contributed by atoms with Gasteiger partial charge in [-0.05, 0) is 19.1 Å². The monoisotopic (exact) mass is 402 g/mol. The molecule has 10 nitrogen and oxygen atoms in total. The number of anilines is 2. The summed E-state index contributed by atoms with van der Waals surface area (Å²) in [5.74, 6) is 0.952. The third-order valence-corrected chi connectivity index (χ3v) is 4.14. The van der Waals surface area contributed by atoms with Crippen molar-refractivity contribution in [2.24, 2.45) is 0 Å². The first kappa shape index (κ1) is 18.5. The molecule has 12 heteroatoms. The van der Waals surface area contributed by atoms with Gasteiger partial charge in [0.05, 0.1) is 25.5 Å². The first-order valence-electron chi connectivity index (χ1n) is 8.51. The predicted molar refractivity (Wildman–Crippen MR) is 98.4 cm³/mol. The zero-order valence-corrected chi connectivity index (χ0v) is 15.4. The lowest BCUT2D eigenvalue weighted by atomic mass is 10.1. The minimum absolute atomic E-state index is 0.223. The van der Waals surface area contributed by atoms with Gasteiger partial charge in [0.15, 0.2) is 11.5 Å². The second-order valence-corrected chi connectivity index (χ2v) is 5.95. The van der Waals surface area contributed by atoms with Crippen molar-refractivity contribution in [1.82, 2.24) is 34.9 Å². The number of nitrogens with zero attached hydrogens (tertiary/aromatic N) is 6. The Hall–Kier alpha value is -3.83. The lowest BCUT2D eigenvalue weighted by molar-refractivity contribution is -0.0528. The van der Waals surface area contributed by atoms with E-state index >= 15 is 0 Å². The molecular formula is C17H16F2N8O2. The molecule has 0 amide bonds. The van der Waals surface area contributed by atoms with Gasteiger partial charge in [-0.1, -0.05) is 0 Å². The molecule has 0 aliphatic rings. The van der Waals surface area contributed by atoms with Gasteiger partial charge in [0, 0.05) is 17.8 Å². The van der Waals surface area contributed by atoms with Crippen LogP contribution in [0.4, 0.5) is 20.4 Å². The van der Waals surface area contributed by atoms with Crippen LogP contribution < -0.4 is 14.8 Å². The molecule has 4 heterocycles. The van der Waals surface area contributed by atoms with Gasteiger partial charge >= 0.3 is 6.61 Å². The van der Waals surface area contributed by atoms with Gasteiger partial charge in [-0.2, -0.15) is 13.9 Å². The summed E-state index contributed by atoms with van der Waals surface area (Å²) in [6.07, 6.45) is 4.75. The maximum Gasteiger partial charge on any atom is 0.388 e. The molecule has 0 bridgehead atoms. The molecule has 4 rings (SSSR count). The van der Waals surface area contributed by atoms with E-state index in [1.54, 1.807) is 24.2 Å². The standard InChI is InChI=1S/C17H16F2N8O2/c1-9(10-4-3-5-20-16(10)28-2)27-15-11(7-22-27)21-8-13(24-15)23-12-6-14(26-25-12)29-17(18)19/h3-9,17H,1-2H3,(H2,23,24,25,26)/t9-/m0/s1. The Morgan fingerprint density at radius 3 is 2.90 bits per heavy atom. The number of hydrogen-bond donors (Lipinski definition) is 2. The summed E-state index contributed by atoms with van der Waals surface area (Å²) in [5.41, 5.74) is 1.95. The minimum Gasteiger partial charge on any atom is -0.481 e. The SMILES string of the molecule is COc1ncccc1[C@H](C)n1ncc2ncc(Nc3cc(OC(F)F)n[nH]3)nc21. The highest BCUT2D eigenvalue weighted by molar-refractivity contribution is 5.72. The summed E-state index contributed by atoms with van der Waals surface area (Å²) in [6, 6.07) is 4.78. The van der Waals surface area contributed by atoms with E-state index in [1.165, 1.54) is 12.3 Å². The molecule has 1 atom stereocenters. The summed E-state index contributed by atoms with van der Waals surface area (Å²) in [7, 11) is 1.55. The molecule has 0 spiro atoms. The molecule has 0 aliphatic carbocycles. The quantitative estimate of drug-likeness (QED) is 0.485. The van der Waals surface area contributed by atoms with E-state index in [4.69, 9.17) is 4.74 Å². The van der Waals surface area contributed by atoms with Gasteiger partial charge in [-0.25, -0.2) is 19.6 Å². The molecule has 0 saturated heterocycles. The lowest BCUT2D eigenvalue weighted by Crippen LogP contribution is -2.11. The van der Waals surface area contributed by atoms with Crippen LogP contribution in [0.5, 0.6) is 11.8 Å². The van der Waals surface area contributed by atoms with Gasteiger partial charge in [0.25, 0.3) is 0 Å². The van der Waals surface area contributed by atoms with Crippen molar-refractivity contribution in [3.05, 3.63) is 42.4 Å². The molecule has 4 aromatic rings. The van der Waals surface area contributed by atoms with Crippen molar-refractivity contribution in [2.45, 2.75) is 19.6 Å². The third kappa shape index (κ3) is 3.77. The van der Waals surface area contributed by atoms with Gasteiger partial charge in [-0.15, -0.1) is 5.10 Å². The largest absolute Gasteiger partial charge is 0.481 e. The second-order valence-electron chi connectivity index (χ2n) is 5.95. The molecule has 29 heavy (non-hydrogen) atoms. The fourth-order valence-corrected chi connectivity index (χ4v) is 2.84. The van der Waals surface area contributed by atoms with E-state index in [-0.39, 0.29) is 11.9 Å². The topological polar surface area (TPSA) is 116 Å². The molecule has 0 fully saturated rings. The summed E-state index contributed by atoms with van der Waals surface area (Å²) in [5, 5.41) is 13.5. The number of pyridine rings is 1. The molecule has 4 aromatic heterocycles. The molecule has 2 N–H and O–H groups in total. The van der Waals surface area contributed by atoms with Crippen LogP contribution in [-0.4, -0.2) is 48.7 Å². The molecule has 0 saturated carbocycles. The van der Waals surface area contributed by atoms with Crippen LogP contribution >= 0.6 is 0 Å². The Kier molecular flexibility index (Phi) is 4.89. The molecule has 150 valence electrons. The van der Waals surface area contributed by atoms with Crippen LogP contribution in [0.25, 0.3) is 11.2 Å². The third-order valence-electron chi connectivity index (χ3n) is 4.14. The van der Waals surface area contributed by atoms with Crippen molar-refractivity contribution >= 4 is 22.8 Å². The van der Waals surface area contributed by atoms with Gasteiger partial charge in [0.2, 0.25) is 11.8 Å². The van der Waals surface area contributed by atoms with Crippen molar-refractivity contribution in [1.29, 1.82) is 0 Å². The molecule has 0 radical (unpaired) electrons. The average Bonchev–Trinajstić information content (AvgIpc) is 3.33. The van der Waals surface area contributed by atoms with Crippen LogP contribution in [0.15, 0.2) is 36.8 Å². The van der Waals surface area contributed by atoms with Crippen LogP contribution in [0.1, 0.15) is 18.5 Å². The smallest absolute Gasteiger partial charge is 0.388 e. The Balaban J connectivity index is 1.63. The van der Waals surface area contributed by atoms with E-state index in [0.717, 1.165) is 5.56 Å². The fourth-order valence-electron chi connectivity index (χ4n) is 2.84. The van der Waals surface area contributed by atoms with E-state index < -0.39 is 6.61 Å². The average molecular weight is 402 g/mol. The second kappa shape index (κ2) is 7.66. The highest BCUT2D eigenvalue weighted by Gasteiger charge is 2.18. The number of nitrogens with one attached hydrogen (secondary N) is 2. The van der Waals surface area contributed by atoms with Crippen LogP contribution in [0.3, 0.4) is 0 Å². The Morgan fingerprint density at radius 1 is 1.24 bits per heavy atom. The van der Waals surface area contributed by atoms with Gasteiger partial charge in [-0.3, -0.25) is 5.10 Å². The molecule has 0 unspecified atom stereocenters. The summed E-state index contributed by atoms with van der Waals surface area (Å²) < 4.78 is 35.8. The molecule has 0 aromatic carbocycles. The number of halogens is 2. The highest BCUT2D eigenvalue weighted by atomic mass is 19.3. The summed E-state index contributed by atoms with van der Waals surface area (Å²) in [4.78, 5) is 13.1. The van der Waals surface area contributed by atoms with Crippen molar-refractivity contribution < 1.29 is 18.3 Å². The van der Waals surface area contributed by atoms with Crippen LogP contribution in [-0.2, 0) is 0 Å². The fraction of sp³-hybridized carbons (Fsp3) is 0.235. The van der Waals surface area contributed by atoms with Crippen LogP contribution in [0, 0.1) is 0 Å². The van der Waals surface area contributed by atoms with Crippen molar-refractivity contribution in [2.75, 3.05) is 12.4 Å². The first-order chi connectivity index (χ1) is 14.0. The number of methoxy groups -OCH3 is 1. The van der Waals surface area contributed by atoms with E-state index in [2.05, 4.69) is 40.3 Å². The van der Waals surface area contributed by atoms with Crippen molar-refractivity contribution in [3.8, 4) is 11.8 Å². The number of ether oxygens (including phenoxy) is 2. The number of H-pyrrole nitrogens is 1. The predicted octanol–water partition coefficient (Wildman–Crippen LogP) is 2.91.